The van der Waals surface area contributed by atoms with Gasteiger partial charge in [0, 0.05) is 18.6 Å². The molecule has 3 atom stereocenters. The second kappa shape index (κ2) is 5.12. The molecule has 3 unspecified atom stereocenters. The second-order valence-corrected chi connectivity index (χ2v) is 6.79. The number of aliphatic carboxylic acids is 1. The van der Waals surface area contributed by atoms with Crippen molar-refractivity contribution in [2.45, 2.75) is 52.1 Å². The molecule has 2 N–H and O–H groups in total. The largest absolute Gasteiger partial charge is 0.481 e. The van der Waals surface area contributed by atoms with Gasteiger partial charge in [-0.3, -0.25) is 14.5 Å². The van der Waals surface area contributed by atoms with Crippen LogP contribution >= 0.6 is 0 Å². The van der Waals surface area contributed by atoms with Crippen LogP contribution in [0.5, 0.6) is 0 Å². The zero-order valence-electron chi connectivity index (χ0n) is 12.0. The molecule has 2 rings (SSSR count). The maximum atomic E-state index is 12.3. The van der Waals surface area contributed by atoms with Crippen LogP contribution in [0.4, 0.5) is 0 Å². The number of carboxylic acid groups (broad SMARTS) is 1. The molecular formula is C14H24N2O3. The zero-order valence-corrected chi connectivity index (χ0v) is 12.0. The predicted molar refractivity (Wildman–Crippen MR) is 71.7 cm³/mol. The van der Waals surface area contributed by atoms with E-state index in [-0.39, 0.29) is 11.9 Å². The molecule has 108 valence electrons. The minimum Gasteiger partial charge on any atom is -0.481 e. The number of fused-ring (bicyclic) bond motifs is 1. The average Bonchev–Trinajstić information content (AvgIpc) is 2.79. The van der Waals surface area contributed by atoms with Gasteiger partial charge in [-0.05, 0) is 31.2 Å². The summed E-state index contributed by atoms with van der Waals surface area (Å²) in [6.07, 6.45) is 3.23. The van der Waals surface area contributed by atoms with Gasteiger partial charge in [0.05, 0.1) is 0 Å². The Labute approximate surface area is 114 Å². The van der Waals surface area contributed by atoms with Crippen LogP contribution in [0.1, 0.15) is 40.0 Å². The first-order valence-electron chi connectivity index (χ1n) is 7.08. The number of nitrogens with zero attached hydrogens (tertiary/aromatic N) is 1. The van der Waals surface area contributed by atoms with Crippen LogP contribution in [0.25, 0.3) is 0 Å². The fourth-order valence-electron chi connectivity index (χ4n) is 3.39. The van der Waals surface area contributed by atoms with Gasteiger partial charge in [-0.15, -0.1) is 0 Å². The van der Waals surface area contributed by atoms with Crippen molar-refractivity contribution in [2.75, 3.05) is 13.1 Å². The Balaban J connectivity index is 2.02. The Morgan fingerprint density at radius 2 is 1.95 bits per heavy atom. The van der Waals surface area contributed by atoms with Crippen LogP contribution in [-0.4, -0.2) is 47.1 Å². The Morgan fingerprint density at radius 1 is 1.26 bits per heavy atom. The van der Waals surface area contributed by atoms with Crippen LogP contribution in [0.2, 0.25) is 0 Å². The van der Waals surface area contributed by atoms with E-state index < -0.39 is 17.3 Å². The zero-order chi connectivity index (χ0) is 14.2. The van der Waals surface area contributed by atoms with Crippen molar-refractivity contribution in [3.63, 3.8) is 0 Å². The molecule has 0 aromatic heterocycles. The summed E-state index contributed by atoms with van der Waals surface area (Å²) < 4.78 is 0. The first kappa shape index (κ1) is 14.3. The first-order valence-corrected chi connectivity index (χ1v) is 7.08. The lowest BCUT2D eigenvalue weighted by atomic mass is 9.80. The van der Waals surface area contributed by atoms with Crippen molar-refractivity contribution in [1.29, 1.82) is 0 Å². The van der Waals surface area contributed by atoms with Crippen molar-refractivity contribution in [3.8, 4) is 0 Å². The molecule has 0 bridgehead atoms. The van der Waals surface area contributed by atoms with Crippen molar-refractivity contribution < 1.29 is 14.7 Å². The monoisotopic (exact) mass is 268 g/mol. The molecule has 2 aliphatic rings. The molecule has 19 heavy (non-hydrogen) atoms. The topological polar surface area (TPSA) is 69.6 Å². The maximum Gasteiger partial charge on any atom is 0.316 e. The first-order chi connectivity index (χ1) is 8.80. The van der Waals surface area contributed by atoms with Crippen LogP contribution in [0, 0.1) is 11.3 Å². The number of hydrogen-bond donors (Lipinski definition) is 2. The third kappa shape index (κ3) is 2.91. The van der Waals surface area contributed by atoms with E-state index in [4.69, 9.17) is 0 Å². The molecule has 2 saturated heterocycles. The molecule has 2 aliphatic heterocycles. The molecule has 0 saturated carbocycles. The molecule has 5 nitrogen and oxygen atoms in total. The Kier molecular flexibility index (Phi) is 3.85. The minimum absolute atomic E-state index is 0.124. The summed E-state index contributed by atoms with van der Waals surface area (Å²) in [7, 11) is 0. The molecule has 2 heterocycles. The van der Waals surface area contributed by atoms with E-state index in [2.05, 4.69) is 10.2 Å². The van der Waals surface area contributed by atoms with Crippen LogP contribution in [0.15, 0.2) is 0 Å². The molecule has 2 fully saturated rings. The number of nitrogens with one attached hydrogen (secondary N) is 1. The lowest BCUT2D eigenvalue weighted by Crippen LogP contribution is -2.49. The van der Waals surface area contributed by atoms with Crippen LogP contribution in [0.3, 0.4) is 0 Å². The highest BCUT2D eigenvalue weighted by Crippen LogP contribution is 2.30. The third-order valence-electron chi connectivity index (χ3n) is 4.31. The normalized spacial score (nSPS) is 29.0. The van der Waals surface area contributed by atoms with E-state index >= 15 is 0 Å². The fraction of sp³-hybridized carbons (Fsp3) is 0.857. The maximum absolute atomic E-state index is 12.3. The lowest BCUT2D eigenvalue weighted by molar-refractivity contribution is -0.151. The summed E-state index contributed by atoms with van der Waals surface area (Å²) in [5.74, 6) is -2.35. The highest BCUT2D eigenvalue weighted by Gasteiger charge is 2.42. The summed E-state index contributed by atoms with van der Waals surface area (Å²) >= 11 is 0. The third-order valence-corrected chi connectivity index (χ3v) is 4.31. The smallest absolute Gasteiger partial charge is 0.316 e. The van der Waals surface area contributed by atoms with Gasteiger partial charge in [0.2, 0.25) is 5.91 Å². The lowest BCUT2D eigenvalue weighted by Gasteiger charge is -2.29. The number of carboxylic acids is 1. The Morgan fingerprint density at radius 3 is 2.53 bits per heavy atom. The van der Waals surface area contributed by atoms with Gasteiger partial charge in [0.1, 0.15) is 5.92 Å². The Bertz CT molecular complexity index is 375. The summed E-state index contributed by atoms with van der Waals surface area (Å²) in [6.45, 7) is 7.51. The number of hydrogen-bond acceptors (Lipinski definition) is 3. The predicted octanol–water partition coefficient (Wildman–Crippen LogP) is 1.09. The molecule has 0 spiro atoms. The molecule has 5 heteroatoms. The molecule has 0 aromatic carbocycles. The fourth-order valence-corrected chi connectivity index (χ4v) is 3.39. The molecule has 0 aliphatic carbocycles. The summed E-state index contributed by atoms with van der Waals surface area (Å²) in [4.78, 5) is 26.0. The van der Waals surface area contributed by atoms with Crippen LogP contribution < -0.4 is 5.32 Å². The van der Waals surface area contributed by atoms with Gasteiger partial charge in [-0.2, -0.15) is 0 Å². The van der Waals surface area contributed by atoms with Gasteiger partial charge in [0.25, 0.3) is 0 Å². The Hall–Kier alpha value is -1.10. The molecular weight excluding hydrogens is 244 g/mol. The van der Waals surface area contributed by atoms with Gasteiger partial charge >= 0.3 is 5.97 Å². The van der Waals surface area contributed by atoms with Crippen molar-refractivity contribution in [2.24, 2.45) is 11.3 Å². The molecule has 0 radical (unpaired) electrons. The SMILES string of the molecule is CC(C)(C)C(C(=O)O)C(=O)NC1CCN2CCCC12. The molecule has 0 aromatic rings. The summed E-state index contributed by atoms with van der Waals surface area (Å²) in [6, 6.07) is 0.539. The van der Waals surface area contributed by atoms with Gasteiger partial charge < -0.3 is 10.4 Å². The van der Waals surface area contributed by atoms with E-state index in [0.717, 1.165) is 25.9 Å². The van der Waals surface area contributed by atoms with E-state index in [1.807, 2.05) is 0 Å². The van der Waals surface area contributed by atoms with Crippen LogP contribution in [-0.2, 0) is 9.59 Å². The highest BCUT2D eigenvalue weighted by molar-refractivity contribution is 5.97. The van der Waals surface area contributed by atoms with E-state index in [1.54, 1.807) is 20.8 Å². The molecule has 1 amide bonds. The average molecular weight is 268 g/mol. The summed E-state index contributed by atoms with van der Waals surface area (Å²) in [5, 5.41) is 12.2. The van der Waals surface area contributed by atoms with E-state index in [0.29, 0.717) is 6.04 Å². The van der Waals surface area contributed by atoms with Crippen molar-refractivity contribution in [3.05, 3.63) is 0 Å². The minimum atomic E-state index is -1.04. The van der Waals surface area contributed by atoms with Crippen molar-refractivity contribution in [1.82, 2.24) is 10.2 Å². The van der Waals surface area contributed by atoms with E-state index in [1.165, 1.54) is 6.42 Å². The van der Waals surface area contributed by atoms with Gasteiger partial charge in [-0.1, -0.05) is 20.8 Å². The second-order valence-electron chi connectivity index (χ2n) is 6.79. The number of amides is 1. The van der Waals surface area contributed by atoms with Crippen molar-refractivity contribution >= 4 is 11.9 Å². The number of rotatable bonds is 3. The number of carbonyl (C=O) groups is 2. The highest BCUT2D eigenvalue weighted by atomic mass is 16.4. The van der Waals surface area contributed by atoms with Gasteiger partial charge in [0.15, 0.2) is 0 Å². The quantitative estimate of drug-likeness (QED) is 0.752. The standard InChI is InChI=1S/C14H24N2O3/c1-14(2,3)11(13(18)19)12(17)15-9-6-8-16-7-4-5-10(9)16/h9-11H,4-8H2,1-3H3,(H,15,17)(H,18,19). The summed E-state index contributed by atoms with van der Waals surface area (Å²) in [5.41, 5.74) is -0.566. The van der Waals surface area contributed by atoms with E-state index in [9.17, 15) is 14.7 Å². The number of carbonyl (C=O) groups excluding carboxylic acids is 1. The van der Waals surface area contributed by atoms with Gasteiger partial charge in [-0.25, -0.2) is 0 Å².